The minimum Gasteiger partial charge on any atom is -0.338 e. The largest absolute Gasteiger partial charge is 0.338 e. The van der Waals surface area contributed by atoms with Crippen molar-refractivity contribution in [1.82, 2.24) is 4.90 Å². The molecule has 2 aromatic rings. The van der Waals surface area contributed by atoms with Gasteiger partial charge in [-0.15, -0.1) is 0 Å². The SMILES string of the molecule is CC1(C)CCCN(C(=O)c2ccc3cc(Br)ccc3c2)C1. The molecule has 21 heavy (non-hydrogen) atoms. The van der Waals surface area contributed by atoms with Gasteiger partial charge in [-0.1, -0.05) is 41.9 Å². The minimum atomic E-state index is 0.160. The highest BCUT2D eigenvalue weighted by atomic mass is 79.9. The van der Waals surface area contributed by atoms with E-state index in [2.05, 4.69) is 41.9 Å². The second-order valence-corrected chi connectivity index (χ2v) is 7.62. The number of likely N-dealkylation sites (tertiary alicyclic amines) is 1. The molecule has 0 bridgehead atoms. The van der Waals surface area contributed by atoms with Gasteiger partial charge in [0.05, 0.1) is 0 Å². The first-order chi connectivity index (χ1) is 9.94. The zero-order valence-corrected chi connectivity index (χ0v) is 14.1. The van der Waals surface area contributed by atoms with Crippen LogP contribution in [-0.4, -0.2) is 23.9 Å². The molecule has 0 atom stereocenters. The van der Waals surface area contributed by atoms with Crippen LogP contribution in [0.1, 0.15) is 37.0 Å². The Labute approximate surface area is 134 Å². The Kier molecular flexibility index (Phi) is 3.78. The Morgan fingerprint density at radius 2 is 1.86 bits per heavy atom. The lowest BCUT2D eigenvalue weighted by Crippen LogP contribution is -2.43. The van der Waals surface area contributed by atoms with E-state index in [1.165, 1.54) is 6.42 Å². The van der Waals surface area contributed by atoms with Gasteiger partial charge in [0, 0.05) is 23.1 Å². The number of hydrogen-bond acceptors (Lipinski definition) is 1. The molecule has 2 aromatic carbocycles. The first-order valence-electron chi connectivity index (χ1n) is 7.43. The summed E-state index contributed by atoms with van der Waals surface area (Å²) in [6.45, 7) is 6.21. The molecule has 0 aliphatic carbocycles. The topological polar surface area (TPSA) is 20.3 Å². The Hall–Kier alpha value is -1.35. The summed E-state index contributed by atoms with van der Waals surface area (Å²) in [5.74, 6) is 0.160. The Balaban J connectivity index is 1.89. The molecule has 0 spiro atoms. The molecule has 110 valence electrons. The van der Waals surface area contributed by atoms with Crippen LogP contribution in [0.3, 0.4) is 0 Å². The quantitative estimate of drug-likeness (QED) is 0.722. The smallest absolute Gasteiger partial charge is 0.253 e. The third-order valence-electron chi connectivity index (χ3n) is 4.24. The number of rotatable bonds is 1. The normalized spacial score (nSPS) is 18.0. The van der Waals surface area contributed by atoms with Crippen molar-refractivity contribution >= 4 is 32.6 Å². The molecular weight excluding hydrogens is 326 g/mol. The molecule has 3 rings (SSSR count). The average molecular weight is 346 g/mol. The third-order valence-corrected chi connectivity index (χ3v) is 4.73. The van der Waals surface area contributed by atoms with E-state index in [0.29, 0.717) is 0 Å². The predicted molar refractivity (Wildman–Crippen MR) is 90.6 cm³/mol. The molecule has 1 fully saturated rings. The number of carbonyl (C=O) groups excluding carboxylic acids is 1. The molecule has 1 amide bonds. The molecule has 0 aromatic heterocycles. The van der Waals surface area contributed by atoms with Crippen LogP contribution in [0.5, 0.6) is 0 Å². The first-order valence-corrected chi connectivity index (χ1v) is 8.23. The van der Waals surface area contributed by atoms with Crippen molar-refractivity contribution in [3.8, 4) is 0 Å². The Morgan fingerprint density at radius 3 is 2.62 bits per heavy atom. The zero-order valence-electron chi connectivity index (χ0n) is 12.5. The van der Waals surface area contributed by atoms with Gasteiger partial charge in [0.2, 0.25) is 0 Å². The molecule has 0 radical (unpaired) electrons. The molecule has 1 saturated heterocycles. The summed E-state index contributed by atoms with van der Waals surface area (Å²) < 4.78 is 1.06. The maximum Gasteiger partial charge on any atom is 0.253 e. The zero-order chi connectivity index (χ0) is 15.0. The second-order valence-electron chi connectivity index (χ2n) is 6.70. The highest BCUT2D eigenvalue weighted by molar-refractivity contribution is 9.10. The summed E-state index contributed by atoms with van der Waals surface area (Å²) in [7, 11) is 0. The summed E-state index contributed by atoms with van der Waals surface area (Å²) in [4.78, 5) is 14.7. The highest BCUT2D eigenvalue weighted by Gasteiger charge is 2.29. The third kappa shape index (κ3) is 3.13. The summed E-state index contributed by atoms with van der Waals surface area (Å²) in [6.07, 6.45) is 2.29. The van der Waals surface area contributed by atoms with Gasteiger partial charge >= 0.3 is 0 Å². The van der Waals surface area contributed by atoms with Crippen molar-refractivity contribution in [3.05, 3.63) is 46.4 Å². The lowest BCUT2D eigenvalue weighted by atomic mass is 9.84. The highest BCUT2D eigenvalue weighted by Crippen LogP contribution is 2.29. The lowest BCUT2D eigenvalue weighted by molar-refractivity contribution is 0.0583. The van der Waals surface area contributed by atoms with E-state index >= 15 is 0 Å². The second kappa shape index (κ2) is 5.45. The summed E-state index contributed by atoms with van der Waals surface area (Å²) in [5.41, 5.74) is 1.03. The van der Waals surface area contributed by atoms with E-state index in [4.69, 9.17) is 0 Å². The van der Waals surface area contributed by atoms with Gasteiger partial charge in [0.25, 0.3) is 5.91 Å². The maximum absolute atomic E-state index is 12.7. The van der Waals surface area contributed by atoms with Crippen LogP contribution in [0.4, 0.5) is 0 Å². The van der Waals surface area contributed by atoms with E-state index in [9.17, 15) is 4.79 Å². The van der Waals surface area contributed by atoms with Crippen molar-refractivity contribution in [1.29, 1.82) is 0 Å². The van der Waals surface area contributed by atoms with E-state index < -0.39 is 0 Å². The fourth-order valence-corrected chi connectivity index (χ4v) is 3.51. The summed E-state index contributed by atoms with van der Waals surface area (Å²) in [5, 5.41) is 2.26. The van der Waals surface area contributed by atoms with Crippen LogP contribution in [0.25, 0.3) is 10.8 Å². The average Bonchev–Trinajstić information content (AvgIpc) is 2.45. The van der Waals surface area contributed by atoms with Crippen molar-refractivity contribution in [3.63, 3.8) is 0 Å². The minimum absolute atomic E-state index is 0.160. The van der Waals surface area contributed by atoms with Crippen LogP contribution >= 0.6 is 15.9 Å². The Morgan fingerprint density at radius 1 is 1.14 bits per heavy atom. The fourth-order valence-electron chi connectivity index (χ4n) is 3.13. The van der Waals surface area contributed by atoms with E-state index in [-0.39, 0.29) is 11.3 Å². The molecule has 0 saturated carbocycles. The molecule has 0 unspecified atom stereocenters. The van der Waals surface area contributed by atoms with Gasteiger partial charge in [-0.05, 0) is 53.3 Å². The van der Waals surface area contributed by atoms with Crippen molar-refractivity contribution in [2.45, 2.75) is 26.7 Å². The number of carbonyl (C=O) groups is 1. The molecule has 3 heteroatoms. The monoisotopic (exact) mass is 345 g/mol. The molecular formula is C18H20BrNO. The van der Waals surface area contributed by atoms with Crippen molar-refractivity contribution in [2.75, 3.05) is 13.1 Å². The van der Waals surface area contributed by atoms with Gasteiger partial charge in [0.1, 0.15) is 0 Å². The molecule has 2 nitrogen and oxygen atoms in total. The molecule has 0 N–H and O–H groups in total. The predicted octanol–water partition coefficient (Wildman–Crippen LogP) is 4.86. The number of benzene rings is 2. The van der Waals surface area contributed by atoms with Gasteiger partial charge in [0.15, 0.2) is 0 Å². The molecule has 1 aliphatic heterocycles. The van der Waals surface area contributed by atoms with Gasteiger partial charge in [-0.3, -0.25) is 4.79 Å². The van der Waals surface area contributed by atoms with Crippen LogP contribution in [-0.2, 0) is 0 Å². The molecule has 1 heterocycles. The van der Waals surface area contributed by atoms with Gasteiger partial charge in [-0.25, -0.2) is 0 Å². The number of fused-ring (bicyclic) bond motifs is 1. The molecule has 1 aliphatic rings. The van der Waals surface area contributed by atoms with Crippen molar-refractivity contribution < 1.29 is 4.79 Å². The van der Waals surface area contributed by atoms with Gasteiger partial charge < -0.3 is 4.90 Å². The van der Waals surface area contributed by atoms with Crippen LogP contribution in [0.15, 0.2) is 40.9 Å². The maximum atomic E-state index is 12.7. The van der Waals surface area contributed by atoms with Crippen molar-refractivity contribution in [2.24, 2.45) is 5.41 Å². The lowest BCUT2D eigenvalue weighted by Gasteiger charge is -2.38. The number of halogens is 1. The van der Waals surface area contributed by atoms with Crippen LogP contribution in [0.2, 0.25) is 0 Å². The fraction of sp³-hybridized carbons (Fsp3) is 0.389. The number of nitrogens with zero attached hydrogens (tertiary/aromatic N) is 1. The van der Waals surface area contributed by atoms with Gasteiger partial charge in [-0.2, -0.15) is 0 Å². The first kappa shape index (κ1) is 14.6. The Bertz CT molecular complexity index is 693. The van der Waals surface area contributed by atoms with E-state index in [1.807, 2.05) is 29.2 Å². The standard InChI is InChI=1S/C18H20BrNO/c1-18(2)8-3-9-20(12-18)17(21)15-5-4-14-11-16(19)7-6-13(14)10-15/h4-7,10-11H,3,8-9,12H2,1-2H3. The van der Waals surface area contributed by atoms with Crippen LogP contribution < -0.4 is 0 Å². The van der Waals surface area contributed by atoms with E-state index in [0.717, 1.165) is 40.3 Å². The number of amides is 1. The number of piperidine rings is 1. The number of hydrogen-bond donors (Lipinski definition) is 0. The van der Waals surface area contributed by atoms with Crippen LogP contribution in [0, 0.1) is 5.41 Å². The summed E-state index contributed by atoms with van der Waals surface area (Å²) >= 11 is 3.48. The van der Waals surface area contributed by atoms with E-state index in [1.54, 1.807) is 0 Å². The summed E-state index contributed by atoms with van der Waals surface area (Å²) in [6, 6.07) is 12.1.